The first-order valence-corrected chi connectivity index (χ1v) is 4.67. The van der Waals surface area contributed by atoms with Gasteiger partial charge in [0.05, 0.1) is 7.05 Å². The third kappa shape index (κ3) is 1.52. The standard InChI is InChI=1S/C8H13N5O/c1-5-3-9-4-6(5)7(14)8-10-12-13(2)11-8/h5-6,9H,3-4H2,1-2H3. The summed E-state index contributed by atoms with van der Waals surface area (Å²) in [4.78, 5) is 13.2. The summed E-state index contributed by atoms with van der Waals surface area (Å²) < 4.78 is 0. The molecule has 6 nitrogen and oxygen atoms in total. The largest absolute Gasteiger partial charge is 0.316 e. The molecule has 1 aromatic rings. The molecule has 0 bridgehead atoms. The normalized spacial score (nSPS) is 26.7. The van der Waals surface area contributed by atoms with Crippen molar-refractivity contribution in [3.8, 4) is 0 Å². The molecule has 1 fully saturated rings. The summed E-state index contributed by atoms with van der Waals surface area (Å²) in [7, 11) is 1.65. The highest BCUT2D eigenvalue weighted by atomic mass is 16.1. The molecule has 1 aromatic heterocycles. The Hall–Kier alpha value is -1.30. The summed E-state index contributed by atoms with van der Waals surface area (Å²) >= 11 is 0. The van der Waals surface area contributed by atoms with Crippen LogP contribution in [0.4, 0.5) is 0 Å². The zero-order valence-corrected chi connectivity index (χ0v) is 8.27. The third-order valence-electron chi connectivity index (χ3n) is 2.58. The van der Waals surface area contributed by atoms with Crippen LogP contribution in [-0.2, 0) is 7.05 Å². The number of nitrogens with one attached hydrogen (secondary N) is 1. The lowest BCUT2D eigenvalue weighted by Crippen LogP contribution is -2.22. The molecule has 0 amide bonds. The molecule has 76 valence electrons. The Bertz CT molecular complexity index is 347. The molecule has 1 saturated heterocycles. The second-order valence-electron chi connectivity index (χ2n) is 3.71. The van der Waals surface area contributed by atoms with E-state index < -0.39 is 0 Å². The molecule has 2 atom stereocenters. The molecule has 0 spiro atoms. The van der Waals surface area contributed by atoms with E-state index in [9.17, 15) is 4.79 Å². The highest BCUT2D eigenvalue weighted by Gasteiger charge is 2.32. The number of aryl methyl sites for hydroxylation is 1. The number of aromatic nitrogens is 4. The van der Waals surface area contributed by atoms with E-state index >= 15 is 0 Å². The number of hydrogen-bond acceptors (Lipinski definition) is 5. The van der Waals surface area contributed by atoms with Gasteiger partial charge in [-0.15, -0.1) is 10.2 Å². The van der Waals surface area contributed by atoms with E-state index in [4.69, 9.17) is 0 Å². The van der Waals surface area contributed by atoms with Crippen LogP contribution in [0.2, 0.25) is 0 Å². The lowest BCUT2D eigenvalue weighted by molar-refractivity contribution is 0.0896. The van der Waals surface area contributed by atoms with Gasteiger partial charge in [0.25, 0.3) is 0 Å². The van der Waals surface area contributed by atoms with Crippen molar-refractivity contribution in [2.45, 2.75) is 6.92 Å². The van der Waals surface area contributed by atoms with Gasteiger partial charge in [0.15, 0.2) is 0 Å². The van der Waals surface area contributed by atoms with Crippen molar-refractivity contribution < 1.29 is 4.79 Å². The Labute approximate surface area is 81.7 Å². The van der Waals surface area contributed by atoms with E-state index in [-0.39, 0.29) is 17.5 Å². The molecule has 0 radical (unpaired) electrons. The van der Waals surface area contributed by atoms with Crippen molar-refractivity contribution in [3.05, 3.63) is 5.82 Å². The van der Waals surface area contributed by atoms with Crippen LogP contribution in [0.1, 0.15) is 17.5 Å². The fourth-order valence-corrected chi connectivity index (χ4v) is 1.71. The van der Waals surface area contributed by atoms with Gasteiger partial charge in [-0.05, 0) is 17.7 Å². The number of nitrogens with zero attached hydrogens (tertiary/aromatic N) is 4. The van der Waals surface area contributed by atoms with Crippen LogP contribution in [0, 0.1) is 11.8 Å². The number of carbonyl (C=O) groups excluding carboxylic acids is 1. The first-order chi connectivity index (χ1) is 6.68. The van der Waals surface area contributed by atoms with Gasteiger partial charge in [-0.25, -0.2) is 0 Å². The Morgan fingerprint density at radius 1 is 1.57 bits per heavy atom. The first kappa shape index (κ1) is 9.26. The van der Waals surface area contributed by atoms with Gasteiger partial charge in [-0.1, -0.05) is 6.92 Å². The molecular formula is C8H13N5O. The monoisotopic (exact) mass is 195 g/mol. The number of carbonyl (C=O) groups is 1. The van der Waals surface area contributed by atoms with Gasteiger partial charge in [0.2, 0.25) is 11.6 Å². The van der Waals surface area contributed by atoms with E-state index in [1.165, 1.54) is 4.80 Å². The molecule has 0 aliphatic carbocycles. The predicted molar refractivity (Wildman–Crippen MR) is 48.7 cm³/mol. The van der Waals surface area contributed by atoms with Crippen molar-refractivity contribution in [2.24, 2.45) is 18.9 Å². The fourth-order valence-electron chi connectivity index (χ4n) is 1.71. The minimum atomic E-state index is -0.00407. The summed E-state index contributed by atoms with van der Waals surface area (Å²) in [5.74, 6) is 0.578. The zero-order valence-electron chi connectivity index (χ0n) is 8.27. The van der Waals surface area contributed by atoms with Crippen LogP contribution in [0.3, 0.4) is 0 Å². The topological polar surface area (TPSA) is 72.7 Å². The van der Waals surface area contributed by atoms with Crippen LogP contribution < -0.4 is 5.32 Å². The van der Waals surface area contributed by atoms with Gasteiger partial charge in [0, 0.05) is 12.5 Å². The highest BCUT2D eigenvalue weighted by molar-refractivity contribution is 5.94. The van der Waals surface area contributed by atoms with E-state index in [2.05, 4.69) is 27.7 Å². The molecule has 0 saturated carbocycles. The van der Waals surface area contributed by atoms with Gasteiger partial charge in [0.1, 0.15) is 0 Å². The zero-order chi connectivity index (χ0) is 10.1. The maximum absolute atomic E-state index is 11.9. The molecule has 0 aromatic carbocycles. The second kappa shape index (κ2) is 3.45. The number of rotatable bonds is 2. The van der Waals surface area contributed by atoms with E-state index in [1.807, 2.05) is 0 Å². The molecule has 2 unspecified atom stereocenters. The van der Waals surface area contributed by atoms with Gasteiger partial charge in [-0.2, -0.15) is 4.80 Å². The van der Waals surface area contributed by atoms with E-state index in [1.54, 1.807) is 7.05 Å². The average Bonchev–Trinajstić information content (AvgIpc) is 2.73. The maximum Gasteiger partial charge on any atom is 0.240 e. The van der Waals surface area contributed by atoms with Gasteiger partial charge >= 0.3 is 0 Å². The molecule has 2 rings (SSSR count). The number of Topliss-reactive ketones (excluding diaryl/α,β-unsaturated/α-hetero) is 1. The Kier molecular flexibility index (Phi) is 2.28. The van der Waals surface area contributed by atoms with E-state index in [0.717, 1.165) is 13.1 Å². The number of tetrazole rings is 1. The minimum Gasteiger partial charge on any atom is -0.316 e. The SMILES string of the molecule is CC1CNCC1C(=O)c1nnn(C)n1. The van der Waals surface area contributed by atoms with Crippen LogP contribution in [0.15, 0.2) is 0 Å². The quantitative estimate of drug-likeness (QED) is 0.628. The second-order valence-corrected chi connectivity index (χ2v) is 3.71. The molecule has 1 aliphatic rings. The van der Waals surface area contributed by atoms with Crippen LogP contribution in [0.25, 0.3) is 0 Å². The van der Waals surface area contributed by atoms with Crippen LogP contribution in [0.5, 0.6) is 0 Å². The van der Waals surface area contributed by atoms with Gasteiger partial charge < -0.3 is 5.32 Å². The average molecular weight is 195 g/mol. The summed E-state index contributed by atoms with van der Waals surface area (Å²) in [5.41, 5.74) is 0. The Morgan fingerprint density at radius 2 is 2.36 bits per heavy atom. The molecule has 1 aliphatic heterocycles. The molecule has 2 heterocycles. The molecule has 14 heavy (non-hydrogen) atoms. The van der Waals surface area contributed by atoms with Crippen molar-refractivity contribution >= 4 is 5.78 Å². The predicted octanol–water partition coefficient (Wildman–Crippen LogP) is -0.752. The lowest BCUT2D eigenvalue weighted by Gasteiger charge is -2.08. The van der Waals surface area contributed by atoms with Crippen molar-refractivity contribution in [3.63, 3.8) is 0 Å². The fraction of sp³-hybridized carbons (Fsp3) is 0.750. The Balaban J connectivity index is 2.15. The number of ketones is 1. The lowest BCUT2D eigenvalue weighted by atomic mass is 9.93. The van der Waals surface area contributed by atoms with Crippen LogP contribution >= 0.6 is 0 Å². The van der Waals surface area contributed by atoms with Crippen molar-refractivity contribution in [1.29, 1.82) is 0 Å². The van der Waals surface area contributed by atoms with Gasteiger partial charge in [-0.3, -0.25) is 4.79 Å². The summed E-state index contributed by atoms with van der Waals surface area (Å²) in [6, 6.07) is 0. The summed E-state index contributed by atoms with van der Waals surface area (Å²) in [6.07, 6.45) is 0. The smallest absolute Gasteiger partial charge is 0.240 e. The van der Waals surface area contributed by atoms with Crippen molar-refractivity contribution in [1.82, 2.24) is 25.5 Å². The van der Waals surface area contributed by atoms with Crippen molar-refractivity contribution in [2.75, 3.05) is 13.1 Å². The van der Waals surface area contributed by atoms with E-state index in [0.29, 0.717) is 5.92 Å². The first-order valence-electron chi connectivity index (χ1n) is 4.67. The maximum atomic E-state index is 11.9. The highest BCUT2D eigenvalue weighted by Crippen LogP contribution is 2.18. The Morgan fingerprint density at radius 3 is 2.86 bits per heavy atom. The molecule has 6 heteroatoms. The minimum absolute atomic E-state index is 0.000741. The summed E-state index contributed by atoms with van der Waals surface area (Å²) in [6.45, 7) is 3.66. The molecular weight excluding hydrogens is 182 g/mol. The third-order valence-corrected chi connectivity index (χ3v) is 2.58. The molecule has 1 N–H and O–H groups in total. The van der Waals surface area contributed by atoms with Crippen LogP contribution in [-0.4, -0.2) is 39.1 Å². The number of hydrogen-bond donors (Lipinski definition) is 1. The summed E-state index contributed by atoms with van der Waals surface area (Å²) in [5, 5.41) is 14.5.